The number of nitrogens with zero attached hydrogens (tertiary/aromatic N) is 5. The zero-order valence-electron chi connectivity index (χ0n) is 19.8. The van der Waals surface area contributed by atoms with Crippen molar-refractivity contribution in [3.05, 3.63) is 66.6 Å². The first kappa shape index (κ1) is 23.9. The second-order valence-electron chi connectivity index (χ2n) is 8.84. The van der Waals surface area contributed by atoms with E-state index in [0.717, 1.165) is 34.1 Å². The minimum atomic E-state index is -3.32. The molecule has 0 atom stereocenters. The molecule has 186 valence electrons. The maximum absolute atomic E-state index is 12.1. The Kier molecular flexibility index (Phi) is 6.66. The molecule has 0 spiro atoms. The molecular weight excluding hydrogens is 480 g/mol. The van der Waals surface area contributed by atoms with E-state index in [1.807, 2.05) is 48.5 Å². The number of ether oxygens (including phenoxy) is 1. The summed E-state index contributed by atoms with van der Waals surface area (Å²) in [5, 5.41) is 7.82. The topological polar surface area (TPSA) is 121 Å². The minimum Gasteiger partial charge on any atom is -0.439 e. The van der Waals surface area contributed by atoms with Gasteiger partial charge in [-0.2, -0.15) is 5.10 Å². The molecule has 1 N–H and O–H groups in total. The van der Waals surface area contributed by atoms with Crippen molar-refractivity contribution in [2.75, 3.05) is 38.2 Å². The Morgan fingerprint density at radius 2 is 1.89 bits per heavy atom. The van der Waals surface area contributed by atoms with Gasteiger partial charge in [0.05, 0.1) is 16.9 Å². The van der Waals surface area contributed by atoms with Crippen LogP contribution in [0.3, 0.4) is 0 Å². The first-order valence-corrected chi connectivity index (χ1v) is 13.6. The van der Waals surface area contributed by atoms with Crippen LogP contribution in [0.5, 0.6) is 11.6 Å². The lowest BCUT2D eigenvalue weighted by Crippen LogP contribution is -2.49. The molecule has 1 aliphatic heterocycles. The number of benzene rings is 1. The van der Waals surface area contributed by atoms with Crippen LogP contribution in [0.25, 0.3) is 22.2 Å². The van der Waals surface area contributed by atoms with Crippen LogP contribution < -0.4 is 4.74 Å². The van der Waals surface area contributed by atoms with E-state index in [1.165, 1.54) is 0 Å². The fourth-order valence-electron chi connectivity index (χ4n) is 4.13. The Balaban J connectivity index is 1.19. The molecule has 1 aromatic carbocycles. The van der Waals surface area contributed by atoms with E-state index in [9.17, 15) is 13.2 Å². The first-order valence-electron chi connectivity index (χ1n) is 11.5. The molecule has 1 fully saturated rings. The van der Waals surface area contributed by atoms with E-state index in [-0.39, 0.29) is 5.91 Å². The number of aromatic amines is 1. The molecule has 1 aliphatic rings. The highest BCUT2D eigenvalue weighted by Gasteiger charge is 2.23. The third-order valence-corrected chi connectivity index (χ3v) is 6.76. The van der Waals surface area contributed by atoms with Crippen LogP contribution in [0.4, 0.5) is 0 Å². The molecule has 3 aromatic heterocycles. The average molecular weight is 507 g/mol. The predicted molar refractivity (Wildman–Crippen MR) is 135 cm³/mol. The average Bonchev–Trinajstić information content (AvgIpc) is 3.39. The lowest BCUT2D eigenvalue weighted by Gasteiger charge is -2.34. The van der Waals surface area contributed by atoms with Gasteiger partial charge in [0.25, 0.3) is 0 Å². The zero-order valence-corrected chi connectivity index (χ0v) is 20.6. The number of piperazine rings is 1. The van der Waals surface area contributed by atoms with Crippen LogP contribution in [0.15, 0.2) is 60.9 Å². The highest BCUT2D eigenvalue weighted by molar-refractivity contribution is 7.91. The van der Waals surface area contributed by atoms with Crippen LogP contribution >= 0.6 is 0 Å². The fraction of sp³-hybridized carbons (Fsp3) is 0.280. The Bertz CT molecular complexity index is 1460. The number of nitrogens with one attached hydrogen (secondary N) is 1. The summed E-state index contributed by atoms with van der Waals surface area (Å²) in [5.74, 6) is 0.408. The highest BCUT2D eigenvalue weighted by atomic mass is 32.2. The number of sulfone groups is 1. The molecule has 0 radical (unpaired) electrons. The number of carbonyl (C=O) groups is 1. The Hall–Kier alpha value is -3.83. The molecule has 4 aromatic rings. The lowest BCUT2D eigenvalue weighted by molar-refractivity contribution is -0.130. The van der Waals surface area contributed by atoms with Gasteiger partial charge in [-0.3, -0.25) is 19.8 Å². The van der Waals surface area contributed by atoms with Gasteiger partial charge in [0.15, 0.2) is 9.84 Å². The quantitative estimate of drug-likeness (QED) is 0.406. The molecule has 1 saturated heterocycles. The smallest absolute Gasteiger partial charge is 0.237 e. The summed E-state index contributed by atoms with van der Waals surface area (Å²) in [4.78, 5) is 25.1. The van der Waals surface area contributed by atoms with Crippen LogP contribution in [0, 0.1) is 0 Å². The summed E-state index contributed by atoms with van der Waals surface area (Å²) in [6.07, 6.45) is 4.51. The number of pyridine rings is 2. The molecular formula is C25H26N6O4S. The van der Waals surface area contributed by atoms with Crippen molar-refractivity contribution in [1.82, 2.24) is 30.0 Å². The van der Waals surface area contributed by atoms with Gasteiger partial charge in [-0.25, -0.2) is 13.4 Å². The fourth-order valence-corrected chi connectivity index (χ4v) is 4.77. The summed E-state index contributed by atoms with van der Waals surface area (Å²) in [6.45, 7) is 3.04. The van der Waals surface area contributed by atoms with Crippen molar-refractivity contribution >= 4 is 26.6 Å². The minimum absolute atomic E-state index is 0.331. The Morgan fingerprint density at radius 3 is 2.58 bits per heavy atom. The molecule has 0 unspecified atom stereocenters. The van der Waals surface area contributed by atoms with Crippen molar-refractivity contribution in [3.8, 4) is 22.9 Å². The Labute approximate surface area is 208 Å². The molecule has 0 bridgehead atoms. The van der Waals surface area contributed by atoms with E-state index in [0.29, 0.717) is 44.4 Å². The number of aromatic nitrogens is 4. The van der Waals surface area contributed by atoms with E-state index < -0.39 is 15.6 Å². The van der Waals surface area contributed by atoms with Crippen LogP contribution in [-0.4, -0.2) is 82.5 Å². The zero-order chi connectivity index (χ0) is 25.1. The van der Waals surface area contributed by atoms with Crippen molar-refractivity contribution in [2.24, 2.45) is 0 Å². The van der Waals surface area contributed by atoms with Crippen LogP contribution in [-0.2, 0) is 21.2 Å². The van der Waals surface area contributed by atoms with E-state index in [4.69, 9.17) is 9.72 Å². The van der Waals surface area contributed by atoms with E-state index in [2.05, 4.69) is 20.1 Å². The van der Waals surface area contributed by atoms with E-state index in [1.54, 1.807) is 17.3 Å². The maximum atomic E-state index is 12.1. The summed E-state index contributed by atoms with van der Waals surface area (Å²) in [5.41, 5.74) is 3.62. The number of rotatable bonds is 7. The third kappa shape index (κ3) is 5.86. The molecule has 0 aliphatic carbocycles. The molecule has 4 heterocycles. The van der Waals surface area contributed by atoms with Crippen molar-refractivity contribution in [1.29, 1.82) is 0 Å². The first-order chi connectivity index (χ1) is 17.3. The van der Waals surface area contributed by atoms with Crippen molar-refractivity contribution in [2.45, 2.75) is 6.54 Å². The van der Waals surface area contributed by atoms with Gasteiger partial charge in [0.2, 0.25) is 11.8 Å². The molecule has 11 heteroatoms. The number of carbonyl (C=O) groups excluding carboxylic acids is 1. The van der Waals surface area contributed by atoms with Gasteiger partial charge in [0.1, 0.15) is 11.5 Å². The van der Waals surface area contributed by atoms with Gasteiger partial charge in [-0.05, 0) is 36.4 Å². The molecule has 0 saturated carbocycles. The van der Waals surface area contributed by atoms with Gasteiger partial charge in [-0.15, -0.1) is 0 Å². The monoisotopic (exact) mass is 506 g/mol. The normalized spacial score (nSPS) is 14.8. The third-order valence-electron chi connectivity index (χ3n) is 5.99. The molecule has 10 nitrogen and oxygen atoms in total. The van der Waals surface area contributed by atoms with Gasteiger partial charge in [-0.1, -0.05) is 6.07 Å². The predicted octanol–water partition coefficient (Wildman–Crippen LogP) is 2.50. The largest absolute Gasteiger partial charge is 0.439 e. The van der Waals surface area contributed by atoms with E-state index >= 15 is 0 Å². The standard InChI is InChI=1S/C25H26N6O4S/c1-36(33,34)17-25(32)31-12-10-30(11-13-31)16-20-4-2-18-14-21(5-6-22(18)28-20)35-24-7-3-19(15-26-24)23-8-9-27-29-23/h2-9,14-15H,10-13,16-17H2,1H3,(H,27,29). The molecule has 36 heavy (non-hydrogen) atoms. The number of hydrogen-bond acceptors (Lipinski definition) is 8. The summed E-state index contributed by atoms with van der Waals surface area (Å²) in [6, 6.07) is 15.4. The summed E-state index contributed by atoms with van der Waals surface area (Å²) in [7, 11) is -3.32. The maximum Gasteiger partial charge on any atom is 0.237 e. The Morgan fingerprint density at radius 1 is 1.06 bits per heavy atom. The number of fused-ring (bicyclic) bond motifs is 1. The summed E-state index contributed by atoms with van der Waals surface area (Å²) < 4.78 is 28.7. The molecule has 5 rings (SSSR count). The highest BCUT2D eigenvalue weighted by Crippen LogP contribution is 2.26. The van der Waals surface area contributed by atoms with Crippen molar-refractivity contribution < 1.29 is 17.9 Å². The van der Waals surface area contributed by atoms with Gasteiger partial charge >= 0.3 is 0 Å². The van der Waals surface area contributed by atoms with Crippen LogP contribution in [0.1, 0.15) is 5.69 Å². The van der Waals surface area contributed by atoms with Crippen molar-refractivity contribution in [3.63, 3.8) is 0 Å². The number of amides is 1. The summed E-state index contributed by atoms with van der Waals surface area (Å²) >= 11 is 0. The van der Waals surface area contributed by atoms with Crippen LogP contribution in [0.2, 0.25) is 0 Å². The second kappa shape index (κ2) is 10.0. The lowest BCUT2D eigenvalue weighted by atomic mass is 10.2. The number of hydrogen-bond donors (Lipinski definition) is 1. The molecule has 1 amide bonds. The van der Waals surface area contributed by atoms with Gasteiger partial charge < -0.3 is 9.64 Å². The SMILES string of the molecule is CS(=O)(=O)CC(=O)N1CCN(Cc2ccc3cc(Oc4ccc(-c5ccn[nH]5)cn4)ccc3n2)CC1. The number of H-pyrrole nitrogens is 1. The van der Waals surface area contributed by atoms with Gasteiger partial charge in [0, 0.05) is 68.4 Å². The second-order valence-corrected chi connectivity index (χ2v) is 11.0.